The van der Waals surface area contributed by atoms with E-state index in [0.717, 1.165) is 0 Å². The Bertz CT molecular complexity index is 195. The lowest BCUT2D eigenvalue weighted by Gasteiger charge is -2.00. The van der Waals surface area contributed by atoms with Crippen molar-refractivity contribution in [2.45, 2.75) is 6.92 Å². The van der Waals surface area contributed by atoms with Gasteiger partial charge in [-0.05, 0) is 0 Å². The van der Waals surface area contributed by atoms with Gasteiger partial charge in [-0.25, -0.2) is 0 Å². The van der Waals surface area contributed by atoms with Gasteiger partial charge in [0, 0.05) is 6.92 Å². The first-order chi connectivity index (χ1) is 4.88. The molecule has 0 atom stereocenters. The van der Waals surface area contributed by atoms with E-state index in [1.165, 1.54) is 6.92 Å². The van der Waals surface area contributed by atoms with Crippen LogP contribution < -0.4 is 11.6 Å². The molecule has 0 aliphatic rings. The number of hydrogen-bond acceptors (Lipinski definition) is 5. The Balaban J connectivity index is 4.48. The zero-order valence-electron chi connectivity index (χ0n) is 5.84. The molecule has 64 valence electrons. The lowest BCUT2D eigenvalue weighted by molar-refractivity contribution is 0.351. The molecule has 0 aromatic heterocycles. The molecule has 0 saturated heterocycles. The lowest BCUT2D eigenvalue weighted by Crippen LogP contribution is -2.14. The van der Waals surface area contributed by atoms with E-state index in [1.54, 1.807) is 0 Å². The quantitative estimate of drug-likeness (QED) is 0.108. The summed E-state index contributed by atoms with van der Waals surface area (Å²) in [5.74, 6) is 4.36. The summed E-state index contributed by atoms with van der Waals surface area (Å²) in [6, 6.07) is 0. The maximum atomic E-state index is 8.57. The topological polar surface area (TPSA) is 137 Å². The highest BCUT2D eigenvalue weighted by molar-refractivity contribution is 7.76. The lowest BCUT2D eigenvalue weighted by atomic mass is 10.8. The van der Waals surface area contributed by atoms with E-state index in [1.807, 2.05) is 0 Å². The van der Waals surface area contributed by atoms with E-state index in [9.17, 15) is 0 Å². The first-order valence-electron chi connectivity index (χ1n) is 2.54. The fourth-order valence-electron chi connectivity index (χ4n) is 0.262. The van der Waals surface area contributed by atoms with Crippen molar-refractivity contribution >= 4 is 19.4 Å². The van der Waals surface area contributed by atoms with Crippen LogP contribution in [0.15, 0.2) is 10.1 Å². The number of hydrazone groups is 1. The molecular formula is C3H10N4O3P+. The highest BCUT2D eigenvalue weighted by atomic mass is 31.2. The summed E-state index contributed by atoms with van der Waals surface area (Å²) >= 11 is 0. The van der Waals surface area contributed by atoms with Crippen LogP contribution >= 0.6 is 7.94 Å². The average molecular weight is 181 g/mol. The zero-order chi connectivity index (χ0) is 9.07. The number of nitrogens with two attached hydrogens (primary N) is 2. The molecule has 0 radical (unpaired) electrons. The van der Waals surface area contributed by atoms with Gasteiger partial charge in [-0.1, -0.05) is 0 Å². The summed E-state index contributed by atoms with van der Waals surface area (Å²) in [5.41, 5.74) is 4.69. The fourth-order valence-corrected chi connectivity index (χ4v) is 0.498. The average Bonchev–Trinajstić information content (AvgIpc) is 1.85. The number of nitrogens with zero attached hydrogens (tertiary/aromatic N) is 2. The molecule has 0 spiro atoms. The Hall–Kier alpha value is -0.750. The van der Waals surface area contributed by atoms with Gasteiger partial charge in [0.25, 0.3) is 0 Å². The molecule has 11 heavy (non-hydrogen) atoms. The number of guanidine groups is 1. The van der Waals surface area contributed by atoms with Gasteiger partial charge in [0.05, 0.1) is 0 Å². The molecule has 7 nitrogen and oxygen atoms in total. The Labute approximate surface area is 63.6 Å². The van der Waals surface area contributed by atoms with Crippen LogP contribution in [0.3, 0.4) is 0 Å². The van der Waals surface area contributed by atoms with Gasteiger partial charge in [0.2, 0.25) is 11.4 Å². The van der Waals surface area contributed by atoms with Gasteiger partial charge >= 0.3 is 7.94 Å². The van der Waals surface area contributed by atoms with Crippen molar-refractivity contribution in [2.24, 2.45) is 21.7 Å². The van der Waals surface area contributed by atoms with Crippen LogP contribution in [-0.4, -0.2) is 26.1 Å². The first kappa shape index (κ1) is 10.2. The molecule has 8 heteroatoms. The predicted molar refractivity (Wildman–Crippen MR) is 42.5 cm³/mol. The van der Waals surface area contributed by atoms with Gasteiger partial charge in [-0.3, -0.25) is 0 Å². The zero-order valence-corrected chi connectivity index (χ0v) is 6.73. The minimum atomic E-state index is -4.04. The van der Waals surface area contributed by atoms with Crippen molar-refractivity contribution in [3.63, 3.8) is 0 Å². The van der Waals surface area contributed by atoms with Crippen molar-refractivity contribution in [1.29, 1.82) is 0 Å². The van der Waals surface area contributed by atoms with E-state index in [-0.39, 0.29) is 11.4 Å². The largest absolute Gasteiger partial charge is 0.456 e. The molecule has 0 aromatic carbocycles. The fraction of sp³-hybridized carbons (Fsp3) is 0.333. The normalized spacial score (nSPS) is 15.3. The SMILES string of the molecule is CC(=N/C(N)=N\N)[P+](O)(O)O. The van der Waals surface area contributed by atoms with Crippen molar-refractivity contribution in [1.82, 2.24) is 0 Å². The highest BCUT2D eigenvalue weighted by Gasteiger charge is 2.35. The summed E-state index contributed by atoms with van der Waals surface area (Å²) in [6.45, 7) is 1.20. The van der Waals surface area contributed by atoms with Crippen LogP contribution in [0.4, 0.5) is 0 Å². The molecule has 0 aliphatic heterocycles. The molecule has 0 amide bonds. The van der Waals surface area contributed by atoms with Crippen molar-refractivity contribution < 1.29 is 14.7 Å². The van der Waals surface area contributed by atoms with Gasteiger partial charge in [0.1, 0.15) is 0 Å². The van der Waals surface area contributed by atoms with Crippen molar-refractivity contribution in [2.75, 3.05) is 0 Å². The van der Waals surface area contributed by atoms with Crippen LogP contribution in [0.5, 0.6) is 0 Å². The standard InChI is InChI=1S/C3H10N4O3P/c1-2(11(8,9)10)6-3(4)7-5/h8-10H,5H2,1H3,(H2,4,7)/q+1. The molecule has 0 heterocycles. The monoisotopic (exact) mass is 181 g/mol. The third-order valence-electron chi connectivity index (χ3n) is 0.843. The highest BCUT2D eigenvalue weighted by Crippen LogP contribution is 2.45. The summed E-state index contributed by atoms with van der Waals surface area (Å²) < 4.78 is 0. The number of aliphatic imine (C=N–C) groups is 1. The molecular weight excluding hydrogens is 171 g/mol. The second-order valence-corrected chi connectivity index (χ2v) is 3.50. The first-order valence-corrected chi connectivity index (χ1v) is 4.19. The van der Waals surface area contributed by atoms with Gasteiger partial charge in [0.15, 0.2) is 0 Å². The molecule has 0 aromatic rings. The van der Waals surface area contributed by atoms with Crippen LogP contribution in [0.2, 0.25) is 0 Å². The minimum Gasteiger partial charge on any atom is -0.366 e. The molecule has 0 aliphatic carbocycles. The van der Waals surface area contributed by atoms with Crippen LogP contribution in [-0.2, 0) is 0 Å². The van der Waals surface area contributed by atoms with Crippen LogP contribution in [0.1, 0.15) is 6.92 Å². The number of hydrogen-bond donors (Lipinski definition) is 5. The molecule has 0 saturated carbocycles. The third-order valence-corrected chi connectivity index (χ3v) is 1.81. The summed E-state index contributed by atoms with van der Waals surface area (Å²) in [4.78, 5) is 29.0. The van der Waals surface area contributed by atoms with E-state index >= 15 is 0 Å². The van der Waals surface area contributed by atoms with E-state index < -0.39 is 7.94 Å². The predicted octanol–water partition coefficient (Wildman–Crippen LogP) is -1.67. The maximum Gasteiger partial charge on any atom is 0.456 e. The van der Waals surface area contributed by atoms with Crippen molar-refractivity contribution in [3.8, 4) is 0 Å². The Morgan fingerprint density at radius 3 is 2.09 bits per heavy atom. The van der Waals surface area contributed by atoms with Crippen molar-refractivity contribution in [3.05, 3.63) is 0 Å². The molecule has 7 N–H and O–H groups in total. The Kier molecular flexibility index (Phi) is 3.34. The number of rotatable bonds is 1. The van der Waals surface area contributed by atoms with Gasteiger partial charge in [-0.2, -0.15) is 19.7 Å². The summed E-state index contributed by atoms with van der Waals surface area (Å²) in [6.07, 6.45) is 0. The molecule has 0 rings (SSSR count). The smallest absolute Gasteiger partial charge is 0.366 e. The summed E-state index contributed by atoms with van der Waals surface area (Å²) in [7, 11) is -4.04. The van der Waals surface area contributed by atoms with E-state index in [0.29, 0.717) is 0 Å². The van der Waals surface area contributed by atoms with E-state index in [4.69, 9.17) is 20.4 Å². The van der Waals surface area contributed by atoms with E-state index in [2.05, 4.69) is 15.9 Å². The summed E-state index contributed by atoms with van der Waals surface area (Å²) in [5, 5.41) is 2.93. The molecule has 0 fully saturated rings. The van der Waals surface area contributed by atoms with Gasteiger partial charge < -0.3 is 11.6 Å². The molecule has 0 unspecified atom stereocenters. The Morgan fingerprint density at radius 1 is 1.36 bits per heavy atom. The molecule has 0 bridgehead atoms. The van der Waals surface area contributed by atoms with Crippen LogP contribution in [0, 0.1) is 0 Å². The van der Waals surface area contributed by atoms with Gasteiger partial charge in [-0.15, -0.1) is 5.10 Å². The second-order valence-electron chi connectivity index (χ2n) is 1.71. The van der Waals surface area contributed by atoms with Crippen LogP contribution in [0.25, 0.3) is 0 Å². The third kappa shape index (κ3) is 3.84. The second kappa shape index (κ2) is 3.59. The minimum absolute atomic E-state index is 0.302. The Morgan fingerprint density at radius 2 is 1.82 bits per heavy atom. The maximum absolute atomic E-state index is 8.57.